The average Bonchev–Trinajstić information content (AvgIpc) is 3.43. The van der Waals surface area contributed by atoms with Crippen LogP contribution in [0, 0.1) is 11.8 Å². The van der Waals surface area contributed by atoms with E-state index in [9.17, 15) is 14.4 Å². The van der Waals surface area contributed by atoms with Crippen molar-refractivity contribution in [2.75, 3.05) is 72.5 Å². The molecule has 0 radical (unpaired) electrons. The molecule has 0 aromatic heterocycles. The molecule has 41 heavy (non-hydrogen) atoms. The fourth-order valence-corrected chi connectivity index (χ4v) is 6.36. The molecule has 1 rings (SSSR count). The molecule has 1 fully saturated rings. The lowest BCUT2D eigenvalue weighted by Gasteiger charge is -2.24. The second kappa shape index (κ2) is 24.2. The van der Waals surface area contributed by atoms with Crippen LogP contribution in [0.3, 0.4) is 0 Å². The van der Waals surface area contributed by atoms with Crippen LogP contribution in [0.4, 0.5) is 0 Å². The van der Waals surface area contributed by atoms with Crippen molar-refractivity contribution in [3.8, 4) is 0 Å². The Bertz CT molecular complexity index is 708. The Labute approximate surface area is 253 Å². The molecule has 242 valence electrons. The van der Waals surface area contributed by atoms with Crippen LogP contribution < -0.4 is 5.32 Å². The van der Waals surface area contributed by atoms with Crippen LogP contribution in [0.1, 0.15) is 66.7 Å². The van der Waals surface area contributed by atoms with Gasteiger partial charge < -0.3 is 37.7 Å². The van der Waals surface area contributed by atoms with Crippen LogP contribution in [0.25, 0.3) is 0 Å². The van der Waals surface area contributed by atoms with E-state index in [1.165, 1.54) is 0 Å². The van der Waals surface area contributed by atoms with E-state index in [0.29, 0.717) is 38.3 Å². The Morgan fingerprint density at radius 2 is 1.61 bits per heavy atom. The Hall–Kier alpha value is -1.22. The molecular weight excluding hydrogens is 568 g/mol. The smallest absolute Gasteiger partial charge is 0.463 e. The summed E-state index contributed by atoms with van der Waals surface area (Å²) in [6.07, 6.45) is 4.12. The number of amides is 2. The normalized spacial score (nSPS) is 15.6. The maximum absolute atomic E-state index is 11.6. The van der Waals surface area contributed by atoms with E-state index < -0.39 is 8.80 Å². The highest BCUT2D eigenvalue weighted by atomic mass is 32.2. The van der Waals surface area contributed by atoms with E-state index in [2.05, 4.69) is 12.2 Å². The summed E-state index contributed by atoms with van der Waals surface area (Å²) in [5.41, 5.74) is 0. The molecule has 2 amide bonds. The van der Waals surface area contributed by atoms with Crippen molar-refractivity contribution < 1.29 is 41.9 Å². The van der Waals surface area contributed by atoms with E-state index in [1.807, 2.05) is 32.6 Å². The highest BCUT2D eigenvalue weighted by Gasteiger charge is 2.36. The van der Waals surface area contributed by atoms with Crippen molar-refractivity contribution in [1.29, 1.82) is 0 Å². The van der Waals surface area contributed by atoms with Gasteiger partial charge in [0.05, 0.1) is 19.1 Å². The summed E-state index contributed by atoms with van der Waals surface area (Å²) in [5, 5.41) is 2.89. The Kier molecular flexibility index (Phi) is 23.5. The van der Waals surface area contributed by atoms with Gasteiger partial charge in [-0.05, 0) is 32.6 Å². The van der Waals surface area contributed by atoms with Gasteiger partial charge in [-0.15, -0.1) is 0 Å². The van der Waals surface area contributed by atoms with Crippen molar-refractivity contribution >= 4 is 38.3 Å². The zero-order chi connectivity index (χ0) is 31.1. The SMILES string of the molecule is CCC(C)C(=O)NCCC[Si](OC)(OC)OC.CCC(C)C(=O)OCCOCOCCSCC(C)N1CCCC1=O. The highest BCUT2D eigenvalue weighted by molar-refractivity contribution is 7.99. The Balaban J connectivity index is 0.000000831. The van der Waals surface area contributed by atoms with Gasteiger partial charge in [0.15, 0.2) is 0 Å². The quantitative estimate of drug-likeness (QED) is 0.0825. The van der Waals surface area contributed by atoms with Gasteiger partial charge in [0.25, 0.3) is 0 Å². The minimum Gasteiger partial charge on any atom is -0.463 e. The predicted octanol–water partition coefficient (Wildman–Crippen LogP) is 3.73. The number of hydrogen-bond acceptors (Lipinski definition) is 10. The largest absolute Gasteiger partial charge is 0.500 e. The standard InChI is InChI=1S/C17H31NO5S.C11H25NO4Si/c1-4-14(2)17(20)23-9-8-21-13-22-10-11-24-12-15(3)18-7-5-6-16(18)19;1-6-10(2)11(13)12-8-7-9-17(14-3,15-4)16-5/h14-15H,4-13H2,1-3H3;10H,6-9H2,1-5H3,(H,12,13). The highest BCUT2D eigenvalue weighted by Crippen LogP contribution is 2.17. The van der Waals surface area contributed by atoms with Gasteiger partial charge in [-0.25, -0.2) is 0 Å². The lowest BCUT2D eigenvalue weighted by atomic mass is 10.1. The van der Waals surface area contributed by atoms with Gasteiger partial charge >= 0.3 is 14.8 Å². The maximum Gasteiger partial charge on any atom is 0.500 e. The molecule has 13 heteroatoms. The fourth-order valence-electron chi connectivity index (χ4n) is 3.72. The number of ether oxygens (including phenoxy) is 3. The average molecular weight is 625 g/mol. The van der Waals surface area contributed by atoms with Crippen molar-refractivity contribution in [3.05, 3.63) is 0 Å². The molecule has 0 saturated carbocycles. The first-order valence-corrected chi connectivity index (χ1v) is 17.8. The number of carbonyl (C=O) groups excluding carboxylic acids is 3. The molecule has 1 N–H and O–H groups in total. The van der Waals surface area contributed by atoms with Crippen LogP contribution in [0.2, 0.25) is 6.04 Å². The third-order valence-corrected chi connectivity index (χ3v) is 11.0. The van der Waals surface area contributed by atoms with Crippen LogP contribution in [-0.2, 0) is 41.9 Å². The molecule has 3 unspecified atom stereocenters. The van der Waals surface area contributed by atoms with E-state index in [4.69, 9.17) is 27.5 Å². The number of thioether (sulfide) groups is 1. The molecule has 0 bridgehead atoms. The monoisotopic (exact) mass is 624 g/mol. The van der Waals surface area contributed by atoms with Crippen LogP contribution >= 0.6 is 11.8 Å². The molecule has 0 aromatic rings. The number of hydrogen-bond donors (Lipinski definition) is 1. The minimum absolute atomic E-state index is 0.0588. The summed E-state index contributed by atoms with van der Waals surface area (Å²) < 4.78 is 31.6. The summed E-state index contributed by atoms with van der Waals surface area (Å²) in [4.78, 5) is 36.5. The molecule has 11 nitrogen and oxygen atoms in total. The summed E-state index contributed by atoms with van der Waals surface area (Å²) in [6, 6.07) is 0.999. The third-order valence-electron chi connectivity index (χ3n) is 6.98. The second-order valence-electron chi connectivity index (χ2n) is 10.0. The van der Waals surface area contributed by atoms with E-state index >= 15 is 0 Å². The minimum atomic E-state index is -2.48. The summed E-state index contributed by atoms with van der Waals surface area (Å²) in [7, 11) is 2.31. The Morgan fingerprint density at radius 3 is 2.17 bits per heavy atom. The zero-order valence-electron chi connectivity index (χ0n) is 26.7. The zero-order valence-corrected chi connectivity index (χ0v) is 28.5. The number of nitrogens with one attached hydrogen (secondary N) is 1. The van der Waals surface area contributed by atoms with Gasteiger partial charge in [0.1, 0.15) is 13.4 Å². The molecule has 0 aromatic carbocycles. The number of nitrogens with zero attached hydrogens (tertiary/aromatic N) is 1. The molecule has 1 aliphatic rings. The number of rotatable bonds is 22. The van der Waals surface area contributed by atoms with Gasteiger partial charge in [0.2, 0.25) is 11.8 Å². The van der Waals surface area contributed by atoms with E-state index in [-0.39, 0.29) is 43.0 Å². The molecule has 0 aliphatic carbocycles. The van der Waals surface area contributed by atoms with Gasteiger partial charge in [-0.2, -0.15) is 11.8 Å². The van der Waals surface area contributed by atoms with Crippen LogP contribution in [0.5, 0.6) is 0 Å². The van der Waals surface area contributed by atoms with E-state index in [0.717, 1.165) is 43.7 Å². The molecule has 1 saturated heterocycles. The predicted molar refractivity (Wildman–Crippen MR) is 164 cm³/mol. The topological polar surface area (TPSA) is 122 Å². The molecule has 3 atom stereocenters. The lowest BCUT2D eigenvalue weighted by molar-refractivity contribution is -0.151. The van der Waals surface area contributed by atoms with Gasteiger partial charge in [-0.1, -0.05) is 27.7 Å². The summed E-state index contributed by atoms with van der Waals surface area (Å²) in [6.45, 7) is 12.8. The van der Waals surface area contributed by atoms with Crippen molar-refractivity contribution in [2.45, 2.75) is 78.8 Å². The first-order chi connectivity index (χ1) is 19.6. The summed E-state index contributed by atoms with van der Waals surface area (Å²) in [5.74, 6) is 2.03. The molecule has 0 spiro atoms. The fraction of sp³-hybridized carbons (Fsp3) is 0.893. The van der Waals surface area contributed by atoms with Crippen LogP contribution in [0.15, 0.2) is 0 Å². The van der Waals surface area contributed by atoms with Crippen molar-refractivity contribution in [1.82, 2.24) is 10.2 Å². The first kappa shape index (κ1) is 39.8. The lowest BCUT2D eigenvalue weighted by Crippen LogP contribution is -2.43. The third kappa shape index (κ3) is 17.5. The second-order valence-corrected chi connectivity index (χ2v) is 14.3. The summed E-state index contributed by atoms with van der Waals surface area (Å²) >= 11 is 1.78. The number of carbonyl (C=O) groups is 3. The molecule has 1 heterocycles. The number of likely N-dealkylation sites (tertiary alicyclic amines) is 1. The van der Waals surface area contributed by atoms with Crippen LogP contribution in [-0.4, -0.2) is 110 Å². The molecular formula is C28H56N2O9SSi. The van der Waals surface area contributed by atoms with Crippen molar-refractivity contribution in [2.24, 2.45) is 11.8 Å². The number of esters is 1. The first-order valence-electron chi connectivity index (χ1n) is 14.7. The van der Waals surface area contributed by atoms with E-state index in [1.54, 1.807) is 33.1 Å². The van der Waals surface area contributed by atoms with Crippen molar-refractivity contribution in [3.63, 3.8) is 0 Å². The maximum atomic E-state index is 11.6. The van der Waals surface area contributed by atoms with Gasteiger partial charge in [-0.3, -0.25) is 14.4 Å². The Morgan fingerprint density at radius 1 is 0.976 bits per heavy atom. The molecule has 1 aliphatic heterocycles. The van der Waals surface area contributed by atoms with Gasteiger partial charge in [0, 0.05) is 70.3 Å².